The summed E-state index contributed by atoms with van der Waals surface area (Å²) < 4.78 is 11.2. The number of hydrogen-bond acceptors (Lipinski definition) is 4. The molecule has 4 aromatic rings. The third kappa shape index (κ3) is 5.01. The number of anilines is 1. The lowest BCUT2D eigenvalue weighted by atomic mass is 9.92. The molecular weight excluding hydrogens is 509 g/mol. The molecular formula is C29H27Cl2N3O3. The summed E-state index contributed by atoms with van der Waals surface area (Å²) in [6, 6.07) is 21.1. The van der Waals surface area contributed by atoms with Crippen LogP contribution in [0.1, 0.15) is 35.7 Å². The summed E-state index contributed by atoms with van der Waals surface area (Å²) in [7, 11) is 0. The highest BCUT2D eigenvalue weighted by molar-refractivity contribution is 6.31. The number of H-pyrrole nitrogens is 1. The van der Waals surface area contributed by atoms with Gasteiger partial charge in [0.2, 0.25) is 0 Å². The van der Waals surface area contributed by atoms with E-state index in [0.29, 0.717) is 34.8 Å². The Morgan fingerprint density at radius 3 is 2.46 bits per heavy atom. The second-order valence-corrected chi connectivity index (χ2v) is 10.4. The van der Waals surface area contributed by atoms with Gasteiger partial charge >= 0.3 is 6.09 Å². The van der Waals surface area contributed by atoms with Gasteiger partial charge in [0.1, 0.15) is 11.8 Å². The van der Waals surface area contributed by atoms with Gasteiger partial charge in [-0.05, 0) is 85.0 Å². The van der Waals surface area contributed by atoms with Crippen LogP contribution in [-0.4, -0.2) is 41.8 Å². The van der Waals surface area contributed by atoms with Gasteiger partial charge < -0.3 is 19.8 Å². The maximum atomic E-state index is 13.5. The molecule has 3 aromatic carbocycles. The lowest BCUT2D eigenvalue weighted by molar-refractivity contribution is 0.0904. The van der Waals surface area contributed by atoms with Gasteiger partial charge in [0.05, 0.1) is 0 Å². The highest BCUT2D eigenvalue weighted by atomic mass is 35.5. The normalized spacial score (nSPS) is 18.0. The summed E-state index contributed by atoms with van der Waals surface area (Å²) in [6.07, 6.45) is 2.29. The predicted molar refractivity (Wildman–Crippen MR) is 147 cm³/mol. The Morgan fingerprint density at radius 1 is 0.973 bits per heavy atom. The monoisotopic (exact) mass is 535 g/mol. The molecule has 1 saturated heterocycles. The number of aromatic amines is 1. The Balaban J connectivity index is 1.34. The number of benzene rings is 3. The van der Waals surface area contributed by atoms with Gasteiger partial charge in [-0.1, -0.05) is 35.3 Å². The lowest BCUT2D eigenvalue weighted by Crippen LogP contribution is -2.42. The summed E-state index contributed by atoms with van der Waals surface area (Å²) in [5.41, 5.74) is 5.24. The summed E-state index contributed by atoms with van der Waals surface area (Å²) in [5.74, 6) is 0.457. The second-order valence-electron chi connectivity index (χ2n) is 9.53. The van der Waals surface area contributed by atoms with Crippen molar-refractivity contribution in [3.05, 3.63) is 93.6 Å². The topological polar surface area (TPSA) is 66.6 Å². The first kappa shape index (κ1) is 24.2. The average Bonchev–Trinajstić information content (AvgIpc) is 3.28. The summed E-state index contributed by atoms with van der Waals surface area (Å²) in [6.45, 7) is 2.09. The maximum Gasteiger partial charge on any atom is 0.416 e. The number of hydrogen-bond donors (Lipinski definition) is 2. The first-order valence-corrected chi connectivity index (χ1v) is 13.3. The van der Waals surface area contributed by atoms with Crippen molar-refractivity contribution in [3.8, 4) is 5.75 Å². The first-order valence-electron chi connectivity index (χ1n) is 12.5. The van der Waals surface area contributed by atoms with Crippen LogP contribution in [0, 0.1) is 0 Å². The van der Waals surface area contributed by atoms with Crippen molar-refractivity contribution >= 4 is 45.9 Å². The van der Waals surface area contributed by atoms with Gasteiger partial charge in [0.25, 0.3) is 0 Å². The number of nitrogens with one attached hydrogen (secondary N) is 2. The van der Waals surface area contributed by atoms with Gasteiger partial charge in [-0.15, -0.1) is 0 Å². The Hall–Kier alpha value is -3.19. The molecule has 8 heteroatoms. The quantitative estimate of drug-likeness (QED) is 0.289. The molecule has 6 nitrogen and oxygen atoms in total. The van der Waals surface area contributed by atoms with E-state index in [4.69, 9.17) is 32.7 Å². The van der Waals surface area contributed by atoms with Crippen molar-refractivity contribution in [1.29, 1.82) is 0 Å². The number of halogens is 2. The zero-order chi connectivity index (χ0) is 25.4. The molecule has 2 aliphatic heterocycles. The van der Waals surface area contributed by atoms with Crippen LogP contribution in [-0.2, 0) is 11.2 Å². The van der Waals surface area contributed by atoms with Crippen LogP contribution < -0.4 is 10.1 Å². The van der Waals surface area contributed by atoms with Crippen molar-refractivity contribution in [2.24, 2.45) is 0 Å². The van der Waals surface area contributed by atoms with Crippen molar-refractivity contribution in [2.75, 3.05) is 25.1 Å². The van der Waals surface area contributed by atoms with E-state index in [1.165, 1.54) is 5.56 Å². The summed E-state index contributed by atoms with van der Waals surface area (Å²) in [4.78, 5) is 18.8. The van der Waals surface area contributed by atoms with Gasteiger partial charge in [-0.3, -0.25) is 4.90 Å². The smallest absolute Gasteiger partial charge is 0.410 e. The minimum absolute atomic E-state index is 0.327. The molecule has 2 aliphatic rings. The van der Waals surface area contributed by atoms with Crippen LogP contribution in [0.3, 0.4) is 0 Å². The van der Waals surface area contributed by atoms with E-state index in [2.05, 4.69) is 34.6 Å². The molecule has 0 bridgehead atoms. The minimum Gasteiger partial charge on any atom is -0.410 e. The number of carbonyl (C=O) groups is 1. The summed E-state index contributed by atoms with van der Waals surface area (Å²) in [5, 5.41) is 5.99. The maximum absolute atomic E-state index is 13.5. The van der Waals surface area contributed by atoms with E-state index in [0.717, 1.165) is 53.9 Å². The number of ether oxygens (including phenoxy) is 2. The molecule has 1 amide bonds. The predicted octanol–water partition coefficient (Wildman–Crippen LogP) is 7.21. The standard InChI is InChI=1S/C29H27Cl2N3O3/c30-19-3-8-23(9-4-19)37-29(35)34-14-11-24-25-17-20(31)5-10-26(25)33-27(24)28(34)18-1-6-21(7-2-18)32-22-12-15-36-16-13-22/h1-10,17,22,28,32-33H,11-16H2. The molecule has 0 spiro atoms. The molecule has 37 heavy (non-hydrogen) atoms. The molecule has 6 rings (SSSR count). The Bertz CT molecular complexity index is 1410. The number of nitrogens with zero attached hydrogens (tertiary/aromatic N) is 1. The fourth-order valence-corrected chi connectivity index (χ4v) is 5.60. The number of aromatic nitrogens is 1. The van der Waals surface area contributed by atoms with E-state index in [-0.39, 0.29) is 6.04 Å². The summed E-state index contributed by atoms with van der Waals surface area (Å²) >= 11 is 12.3. The van der Waals surface area contributed by atoms with Gasteiger partial charge in [0.15, 0.2) is 0 Å². The van der Waals surface area contributed by atoms with Crippen molar-refractivity contribution in [2.45, 2.75) is 31.3 Å². The molecule has 190 valence electrons. The van der Waals surface area contributed by atoms with Gasteiger partial charge in [-0.25, -0.2) is 4.79 Å². The highest BCUT2D eigenvalue weighted by Crippen LogP contribution is 2.40. The molecule has 1 atom stereocenters. The largest absolute Gasteiger partial charge is 0.416 e. The third-order valence-corrected chi connectivity index (χ3v) is 7.65. The van der Waals surface area contributed by atoms with Crippen LogP contribution >= 0.6 is 23.2 Å². The van der Waals surface area contributed by atoms with Crippen LogP contribution in [0.15, 0.2) is 66.7 Å². The second kappa shape index (κ2) is 10.3. The van der Waals surface area contributed by atoms with Crippen LogP contribution in [0.4, 0.5) is 10.5 Å². The lowest BCUT2D eigenvalue weighted by Gasteiger charge is -2.35. The molecule has 1 unspecified atom stereocenters. The fourth-order valence-electron chi connectivity index (χ4n) is 5.31. The van der Waals surface area contributed by atoms with E-state index in [1.54, 1.807) is 29.2 Å². The zero-order valence-corrected chi connectivity index (χ0v) is 21.7. The SMILES string of the molecule is O=C(Oc1ccc(Cl)cc1)N1CCc2c([nH]c3ccc(Cl)cc23)C1c1ccc(NC2CCOCC2)cc1. The number of carbonyl (C=O) groups excluding carboxylic acids is 1. The van der Waals surface area contributed by atoms with Crippen LogP contribution in [0.5, 0.6) is 5.75 Å². The Morgan fingerprint density at radius 2 is 1.70 bits per heavy atom. The molecule has 1 fully saturated rings. The number of fused-ring (bicyclic) bond motifs is 3. The fraction of sp³-hybridized carbons (Fsp3) is 0.276. The molecule has 2 N–H and O–H groups in total. The third-order valence-electron chi connectivity index (χ3n) is 7.16. The Labute approximate surface area is 225 Å². The van der Waals surface area contributed by atoms with E-state index >= 15 is 0 Å². The molecule has 0 aliphatic carbocycles. The van der Waals surface area contributed by atoms with E-state index in [1.807, 2.05) is 18.2 Å². The minimum atomic E-state index is -0.404. The van der Waals surface area contributed by atoms with Crippen molar-refractivity contribution < 1.29 is 14.3 Å². The highest BCUT2D eigenvalue weighted by Gasteiger charge is 2.35. The van der Waals surface area contributed by atoms with E-state index < -0.39 is 6.09 Å². The zero-order valence-electron chi connectivity index (χ0n) is 20.2. The average molecular weight is 536 g/mol. The van der Waals surface area contributed by atoms with Crippen LogP contribution in [0.25, 0.3) is 10.9 Å². The molecule has 3 heterocycles. The van der Waals surface area contributed by atoms with Crippen molar-refractivity contribution in [3.63, 3.8) is 0 Å². The van der Waals surface area contributed by atoms with Gasteiger partial charge in [0, 0.05) is 58.1 Å². The molecule has 0 saturated carbocycles. The molecule has 1 aromatic heterocycles. The van der Waals surface area contributed by atoms with E-state index in [9.17, 15) is 4.79 Å². The number of rotatable bonds is 4. The first-order chi connectivity index (χ1) is 18.0. The van der Waals surface area contributed by atoms with Gasteiger partial charge in [-0.2, -0.15) is 0 Å². The molecule has 0 radical (unpaired) electrons. The Kier molecular flexibility index (Phi) is 6.72. The van der Waals surface area contributed by atoms with Crippen molar-refractivity contribution in [1.82, 2.24) is 9.88 Å². The number of amides is 1. The van der Waals surface area contributed by atoms with Crippen LogP contribution in [0.2, 0.25) is 10.0 Å².